The molecule has 0 radical (unpaired) electrons. The molecule has 2 aliphatic carbocycles. The number of carbonyl (C=O) groups is 1. The second-order valence-electron chi connectivity index (χ2n) is 9.63. The van der Waals surface area contributed by atoms with Gasteiger partial charge in [0.1, 0.15) is 10.9 Å². The lowest BCUT2D eigenvalue weighted by molar-refractivity contribution is -0.152. The largest absolute Gasteiger partial charge is 0.461 e. The minimum Gasteiger partial charge on any atom is -0.461 e. The molecule has 0 unspecified atom stereocenters. The van der Waals surface area contributed by atoms with Gasteiger partial charge in [0.05, 0.1) is 11.1 Å². The van der Waals surface area contributed by atoms with Gasteiger partial charge in [-0.25, -0.2) is 4.98 Å². The number of carbonyl (C=O) groups excluding carboxylic acids is 1. The number of ether oxygens (including phenoxy) is 1. The highest BCUT2D eigenvalue weighted by Gasteiger charge is 2.33. The summed E-state index contributed by atoms with van der Waals surface area (Å²) in [5.41, 5.74) is 1.18. The van der Waals surface area contributed by atoms with E-state index in [2.05, 4.69) is 27.4 Å². The minimum atomic E-state index is -0.218. The van der Waals surface area contributed by atoms with Gasteiger partial charge in [-0.05, 0) is 61.8 Å². The zero-order valence-corrected chi connectivity index (χ0v) is 21.0. The maximum atomic E-state index is 13.3. The minimum absolute atomic E-state index is 0.00820. The molecule has 32 heavy (non-hydrogen) atoms. The first kappa shape index (κ1) is 23.6. The lowest BCUT2D eigenvalue weighted by Gasteiger charge is -2.36. The van der Waals surface area contributed by atoms with Gasteiger partial charge in [0.2, 0.25) is 0 Å². The van der Waals surface area contributed by atoms with Crippen LogP contribution in [0.5, 0.6) is 0 Å². The van der Waals surface area contributed by atoms with Crippen molar-refractivity contribution in [2.24, 2.45) is 17.8 Å². The van der Waals surface area contributed by atoms with E-state index in [1.165, 1.54) is 35.0 Å². The van der Waals surface area contributed by atoms with Crippen molar-refractivity contribution in [2.75, 3.05) is 5.75 Å². The Balaban J connectivity index is 1.53. The van der Waals surface area contributed by atoms with E-state index in [-0.39, 0.29) is 23.4 Å². The highest BCUT2D eigenvalue weighted by Crippen LogP contribution is 2.36. The summed E-state index contributed by atoms with van der Waals surface area (Å²) < 4.78 is 7.61. The normalized spacial score (nSPS) is 23.3. The average molecular weight is 475 g/mol. The first-order valence-corrected chi connectivity index (χ1v) is 13.7. The van der Waals surface area contributed by atoms with Gasteiger partial charge in [0.25, 0.3) is 5.56 Å². The van der Waals surface area contributed by atoms with Crippen LogP contribution in [0.25, 0.3) is 10.2 Å². The maximum Gasteiger partial charge on any atom is 0.316 e. The zero-order chi connectivity index (χ0) is 22.8. The van der Waals surface area contributed by atoms with E-state index >= 15 is 0 Å². The fraction of sp³-hybridized carbons (Fsp3) is 0.640. The van der Waals surface area contributed by atoms with Crippen LogP contribution in [0.2, 0.25) is 0 Å². The van der Waals surface area contributed by atoms with E-state index in [9.17, 15) is 9.59 Å². The van der Waals surface area contributed by atoms with Gasteiger partial charge >= 0.3 is 5.97 Å². The van der Waals surface area contributed by atoms with E-state index in [1.54, 1.807) is 22.0 Å². The van der Waals surface area contributed by atoms with Gasteiger partial charge in [0, 0.05) is 11.4 Å². The number of thioether (sulfide) groups is 1. The van der Waals surface area contributed by atoms with Gasteiger partial charge in [-0.1, -0.05) is 45.0 Å². The molecule has 5 nitrogen and oxygen atoms in total. The van der Waals surface area contributed by atoms with Crippen LogP contribution in [0, 0.1) is 17.8 Å². The molecular formula is C25H34N2O3S2. The summed E-state index contributed by atoms with van der Waals surface area (Å²) in [4.78, 5) is 33.0. The Kier molecular flexibility index (Phi) is 7.45. The van der Waals surface area contributed by atoms with Crippen molar-refractivity contribution in [3.63, 3.8) is 0 Å². The van der Waals surface area contributed by atoms with Crippen LogP contribution in [0.15, 0.2) is 22.6 Å². The fourth-order valence-corrected chi connectivity index (χ4v) is 7.29. The average Bonchev–Trinajstić information content (AvgIpc) is 3.13. The van der Waals surface area contributed by atoms with Gasteiger partial charge in [-0.3, -0.25) is 14.2 Å². The van der Waals surface area contributed by atoms with E-state index in [4.69, 9.17) is 9.72 Å². The molecule has 0 amide bonds. The van der Waals surface area contributed by atoms with Crippen molar-refractivity contribution >= 4 is 39.3 Å². The van der Waals surface area contributed by atoms with Crippen molar-refractivity contribution in [1.29, 1.82) is 0 Å². The summed E-state index contributed by atoms with van der Waals surface area (Å²) in [6, 6.07) is 0. The van der Waals surface area contributed by atoms with Crippen molar-refractivity contribution in [3.8, 4) is 0 Å². The van der Waals surface area contributed by atoms with Crippen molar-refractivity contribution in [2.45, 2.75) is 83.5 Å². The highest BCUT2D eigenvalue weighted by molar-refractivity contribution is 7.99. The lowest BCUT2D eigenvalue weighted by Crippen LogP contribution is -2.36. The molecule has 4 rings (SSSR count). The summed E-state index contributed by atoms with van der Waals surface area (Å²) >= 11 is 2.95. The number of rotatable bonds is 7. The molecule has 0 saturated heterocycles. The molecule has 0 bridgehead atoms. The molecule has 1 saturated carbocycles. The quantitative estimate of drug-likeness (QED) is 0.226. The van der Waals surface area contributed by atoms with Crippen LogP contribution in [-0.4, -0.2) is 27.4 Å². The summed E-state index contributed by atoms with van der Waals surface area (Å²) in [7, 11) is 0. The lowest BCUT2D eigenvalue weighted by atomic mass is 9.75. The van der Waals surface area contributed by atoms with Crippen LogP contribution >= 0.6 is 23.1 Å². The number of aromatic nitrogens is 2. The number of thiophene rings is 1. The standard InChI is InChI=1S/C25H34N2O3S2/c1-5-12-27-24(29)22-18-8-6-7-9-20(18)32-23(22)26-25(27)31-14-21(28)30-19-13-16(4)10-11-17(19)15(2)3/h5,15-17,19H,1,6-14H2,2-4H3/t16-,17+,19+/m0/s1. The number of nitrogens with zero attached hydrogens (tertiary/aromatic N) is 2. The van der Waals surface area contributed by atoms with Gasteiger partial charge in [-0.2, -0.15) is 0 Å². The van der Waals surface area contributed by atoms with Gasteiger partial charge < -0.3 is 4.74 Å². The Morgan fingerprint density at radius 2 is 2.12 bits per heavy atom. The first-order valence-electron chi connectivity index (χ1n) is 11.9. The summed E-state index contributed by atoms with van der Waals surface area (Å²) in [6.07, 6.45) is 9.24. The third kappa shape index (κ3) is 4.84. The Hall–Kier alpha value is -1.60. The molecule has 2 heterocycles. The first-order chi connectivity index (χ1) is 15.4. The molecule has 0 aliphatic heterocycles. The van der Waals surface area contributed by atoms with E-state index in [0.29, 0.717) is 29.5 Å². The van der Waals surface area contributed by atoms with Crippen LogP contribution in [-0.2, 0) is 28.9 Å². The number of fused-ring (bicyclic) bond motifs is 3. The monoisotopic (exact) mass is 474 g/mol. The zero-order valence-electron chi connectivity index (χ0n) is 19.4. The van der Waals surface area contributed by atoms with Crippen LogP contribution in [0.3, 0.4) is 0 Å². The molecule has 3 atom stereocenters. The molecule has 2 aromatic heterocycles. The van der Waals surface area contributed by atoms with Gasteiger partial charge in [0.15, 0.2) is 5.16 Å². The molecule has 7 heteroatoms. The third-order valence-electron chi connectivity index (χ3n) is 6.91. The van der Waals surface area contributed by atoms with Crippen molar-refractivity contribution < 1.29 is 9.53 Å². The Morgan fingerprint density at radius 3 is 2.88 bits per heavy atom. The molecule has 0 N–H and O–H groups in total. The second-order valence-corrected chi connectivity index (χ2v) is 11.7. The molecular weight excluding hydrogens is 440 g/mol. The smallest absolute Gasteiger partial charge is 0.316 e. The predicted octanol–water partition coefficient (Wildman–Crippen LogP) is 5.62. The molecule has 174 valence electrons. The van der Waals surface area contributed by atoms with Crippen LogP contribution in [0.4, 0.5) is 0 Å². The number of aryl methyl sites for hydroxylation is 2. The Labute approximate surface area is 198 Å². The molecule has 0 spiro atoms. The molecule has 0 aromatic carbocycles. The van der Waals surface area contributed by atoms with E-state index in [1.807, 2.05) is 0 Å². The summed E-state index contributed by atoms with van der Waals surface area (Å²) in [5, 5.41) is 1.35. The maximum absolute atomic E-state index is 13.3. The summed E-state index contributed by atoms with van der Waals surface area (Å²) in [5.74, 6) is 1.45. The van der Waals surface area contributed by atoms with Crippen LogP contribution in [0.1, 0.15) is 63.3 Å². The van der Waals surface area contributed by atoms with Crippen molar-refractivity contribution in [3.05, 3.63) is 33.4 Å². The number of esters is 1. The summed E-state index contributed by atoms with van der Waals surface area (Å²) in [6.45, 7) is 10.9. The van der Waals surface area contributed by atoms with Gasteiger partial charge in [-0.15, -0.1) is 17.9 Å². The topological polar surface area (TPSA) is 61.2 Å². The van der Waals surface area contributed by atoms with E-state index in [0.717, 1.165) is 42.3 Å². The Bertz CT molecular complexity index is 1060. The van der Waals surface area contributed by atoms with E-state index < -0.39 is 0 Å². The number of hydrogen-bond acceptors (Lipinski definition) is 6. The van der Waals surface area contributed by atoms with Crippen LogP contribution < -0.4 is 5.56 Å². The second kappa shape index (κ2) is 10.1. The molecule has 1 fully saturated rings. The third-order valence-corrected chi connectivity index (χ3v) is 9.05. The highest BCUT2D eigenvalue weighted by atomic mass is 32.2. The predicted molar refractivity (Wildman–Crippen MR) is 133 cm³/mol. The Morgan fingerprint density at radius 1 is 1.34 bits per heavy atom. The van der Waals surface area contributed by atoms with Crippen molar-refractivity contribution in [1.82, 2.24) is 9.55 Å². The molecule has 2 aromatic rings. The number of allylic oxidation sites excluding steroid dienone is 1. The SMILES string of the molecule is C=CCn1c(SCC(=O)O[C@@H]2C[C@@H](C)CC[C@@H]2C(C)C)nc2sc3c(c2c1=O)CCCC3. The number of hydrogen-bond donors (Lipinski definition) is 0. The fourth-order valence-electron chi connectivity index (χ4n) is 5.20. The molecule has 2 aliphatic rings.